The molecule has 0 aliphatic carbocycles. The SMILES string of the molecule is CN(C)C(Cl)=C(C#N)C#N. The van der Waals surface area contributed by atoms with Crippen molar-refractivity contribution < 1.29 is 0 Å². The fourth-order valence-electron chi connectivity index (χ4n) is 0.341. The first-order valence-electron chi connectivity index (χ1n) is 2.50. The smallest absolute Gasteiger partial charge is 0.164 e. The largest absolute Gasteiger partial charge is 0.367 e. The van der Waals surface area contributed by atoms with Gasteiger partial charge in [-0.3, -0.25) is 0 Å². The van der Waals surface area contributed by atoms with Crippen LogP contribution in [0, 0.1) is 22.7 Å². The lowest BCUT2D eigenvalue weighted by Gasteiger charge is -2.08. The Morgan fingerprint density at radius 2 is 1.70 bits per heavy atom. The normalized spacial score (nSPS) is 7.30. The van der Waals surface area contributed by atoms with Gasteiger partial charge in [0.15, 0.2) is 5.57 Å². The van der Waals surface area contributed by atoms with Crippen LogP contribution in [0.25, 0.3) is 0 Å². The van der Waals surface area contributed by atoms with Crippen molar-refractivity contribution in [2.24, 2.45) is 0 Å². The van der Waals surface area contributed by atoms with Gasteiger partial charge in [0.05, 0.1) is 0 Å². The van der Waals surface area contributed by atoms with E-state index in [1.165, 1.54) is 4.90 Å². The van der Waals surface area contributed by atoms with Crippen LogP contribution in [0.5, 0.6) is 0 Å². The van der Waals surface area contributed by atoms with Crippen LogP contribution in [0.15, 0.2) is 10.7 Å². The Bertz CT molecular complexity index is 212. The first-order chi connectivity index (χ1) is 4.63. The highest BCUT2D eigenvalue weighted by Crippen LogP contribution is 2.09. The molecule has 0 N–H and O–H groups in total. The van der Waals surface area contributed by atoms with Crippen molar-refractivity contribution in [2.45, 2.75) is 0 Å². The van der Waals surface area contributed by atoms with Gasteiger partial charge in [0.1, 0.15) is 17.3 Å². The summed E-state index contributed by atoms with van der Waals surface area (Å²) >= 11 is 5.54. The van der Waals surface area contributed by atoms with Crippen LogP contribution < -0.4 is 0 Å². The highest BCUT2D eigenvalue weighted by molar-refractivity contribution is 6.30. The van der Waals surface area contributed by atoms with E-state index in [9.17, 15) is 0 Å². The molecular formula is C6H6ClN3. The molecule has 3 nitrogen and oxygen atoms in total. The van der Waals surface area contributed by atoms with Crippen LogP contribution in [-0.4, -0.2) is 19.0 Å². The minimum atomic E-state index is -0.0633. The highest BCUT2D eigenvalue weighted by atomic mass is 35.5. The van der Waals surface area contributed by atoms with Crippen molar-refractivity contribution >= 4 is 11.6 Å². The van der Waals surface area contributed by atoms with Crippen LogP contribution in [0.4, 0.5) is 0 Å². The van der Waals surface area contributed by atoms with E-state index in [-0.39, 0.29) is 10.7 Å². The lowest BCUT2D eigenvalue weighted by Crippen LogP contribution is -2.08. The molecule has 0 amide bonds. The molecule has 0 rings (SSSR count). The van der Waals surface area contributed by atoms with Gasteiger partial charge in [-0.05, 0) is 0 Å². The summed E-state index contributed by atoms with van der Waals surface area (Å²) in [5.41, 5.74) is -0.0633. The molecule has 0 aromatic rings. The van der Waals surface area contributed by atoms with Crippen molar-refractivity contribution in [3.63, 3.8) is 0 Å². The molecule has 10 heavy (non-hydrogen) atoms. The van der Waals surface area contributed by atoms with E-state index in [1.807, 2.05) is 0 Å². The molecule has 0 aromatic carbocycles. The Labute approximate surface area is 64.7 Å². The van der Waals surface area contributed by atoms with Gasteiger partial charge in [-0.15, -0.1) is 0 Å². The Hall–Kier alpha value is -1.19. The molecule has 0 spiro atoms. The summed E-state index contributed by atoms with van der Waals surface area (Å²) in [5.74, 6) is 0. The van der Waals surface area contributed by atoms with Gasteiger partial charge < -0.3 is 4.90 Å². The number of hydrogen-bond acceptors (Lipinski definition) is 3. The molecule has 0 saturated carbocycles. The quantitative estimate of drug-likeness (QED) is 0.420. The summed E-state index contributed by atoms with van der Waals surface area (Å²) in [7, 11) is 3.33. The van der Waals surface area contributed by atoms with Gasteiger partial charge in [0, 0.05) is 14.1 Å². The summed E-state index contributed by atoms with van der Waals surface area (Å²) in [6.07, 6.45) is 0. The third kappa shape index (κ3) is 1.97. The van der Waals surface area contributed by atoms with E-state index in [0.29, 0.717) is 0 Å². The predicted molar refractivity (Wildman–Crippen MR) is 37.8 cm³/mol. The van der Waals surface area contributed by atoms with Crippen molar-refractivity contribution in [1.82, 2.24) is 4.90 Å². The number of nitrogens with zero attached hydrogens (tertiary/aromatic N) is 3. The monoisotopic (exact) mass is 155 g/mol. The molecular weight excluding hydrogens is 150 g/mol. The lowest BCUT2D eigenvalue weighted by molar-refractivity contribution is 0.545. The maximum absolute atomic E-state index is 8.30. The van der Waals surface area contributed by atoms with Crippen molar-refractivity contribution in [2.75, 3.05) is 14.1 Å². The van der Waals surface area contributed by atoms with Gasteiger partial charge in [-0.1, -0.05) is 11.6 Å². The maximum atomic E-state index is 8.30. The zero-order valence-corrected chi connectivity index (χ0v) is 6.48. The van der Waals surface area contributed by atoms with Crippen LogP contribution in [0.1, 0.15) is 0 Å². The lowest BCUT2D eigenvalue weighted by atomic mass is 10.3. The molecule has 0 unspecified atom stereocenters. The molecule has 0 heterocycles. The van der Waals surface area contributed by atoms with Gasteiger partial charge in [-0.25, -0.2) is 0 Å². The minimum absolute atomic E-state index is 0.0633. The van der Waals surface area contributed by atoms with Crippen LogP contribution in [-0.2, 0) is 0 Å². The predicted octanol–water partition coefficient (Wildman–Crippen LogP) is 1.05. The summed E-state index contributed by atoms with van der Waals surface area (Å²) in [5, 5.41) is 16.8. The summed E-state index contributed by atoms with van der Waals surface area (Å²) in [4.78, 5) is 1.50. The summed E-state index contributed by atoms with van der Waals surface area (Å²) in [6.45, 7) is 0. The van der Waals surface area contributed by atoms with Crippen LogP contribution in [0.2, 0.25) is 0 Å². The maximum Gasteiger partial charge on any atom is 0.164 e. The zero-order valence-electron chi connectivity index (χ0n) is 5.72. The molecule has 0 aliphatic heterocycles. The van der Waals surface area contributed by atoms with Gasteiger partial charge in [-0.2, -0.15) is 10.5 Å². The Morgan fingerprint density at radius 1 is 1.30 bits per heavy atom. The molecule has 0 bridgehead atoms. The van der Waals surface area contributed by atoms with Gasteiger partial charge >= 0.3 is 0 Å². The Balaban J connectivity index is 4.70. The van der Waals surface area contributed by atoms with Crippen molar-refractivity contribution in [3.8, 4) is 12.1 Å². The van der Waals surface area contributed by atoms with E-state index in [2.05, 4.69) is 0 Å². The molecule has 0 fully saturated rings. The first kappa shape index (κ1) is 8.81. The van der Waals surface area contributed by atoms with Crippen LogP contribution >= 0.6 is 11.6 Å². The number of hydrogen-bond donors (Lipinski definition) is 0. The van der Waals surface area contributed by atoms with Crippen LogP contribution in [0.3, 0.4) is 0 Å². The van der Waals surface area contributed by atoms with Crippen molar-refractivity contribution in [1.29, 1.82) is 10.5 Å². The number of nitriles is 2. The van der Waals surface area contributed by atoms with Gasteiger partial charge in [0.2, 0.25) is 0 Å². The molecule has 0 atom stereocenters. The average molecular weight is 156 g/mol. The third-order valence-electron chi connectivity index (χ3n) is 0.823. The molecule has 0 saturated heterocycles. The summed E-state index contributed by atoms with van der Waals surface area (Å²) < 4.78 is 0. The average Bonchev–Trinajstić information content (AvgIpc) is 1.90. The van der Waals surface area contributed by atoms with E-state index < -0.39 is 0 Å². The number of rotatable bonds is 1. The van der Waals surface area contributed by atoms with E-state index in [0.717, 1.165) is 0 Å². The second-order valence-corrected chi connectivity index (χ2v) is 2.14. The van der Waals surface area contributed by atoms with E-state index in [1.54, 1.807) is 26.2 Å². The molecule has 0 radical (unpaired) electrons. The fraction of sp³-hybridized carbons (Fsp3) is 0.333. The summed E-state index contributed by atoms with van der Waals surface area (Å²) in [6, 6.07) is 3.36. The third-order valence-corrected chi connectivity index (χ3v) is 1.35. The van der Waals surface area contributed by atoms with Gasteiger partial charge in [0.25, 0.3) is 0 Å². The molecule has 0 aliphatic rings. The van der Waals surface area contributed by atoms with Crippen molar-refractivity contribution in [3.05, 3.63) is 10.7 Å². The minimum Gasteiger partial charge on any atom is -0.367 e. The second-order valence-electron chi connectivity index (χ2n) is 1.78. The zero-order chi connectivity index (χ0) is 8.15. The first-order valence-corrected chi connectivity index (χ1v) is 2.88. The highest BCUT2D eigenvalue weighted by Gasteiger charge is 2.03. The molecule has 52 valence electrons. The Morgan fingerprint density at radius 3 is 1.80 bits per heavy atom. The Kier molecular flexibility index (Phi) is 3.32. The van der Waals surface area contributed by atoms with E-state index in [4.69, 9.17) is 22.1 Å². The van der Waals surface area contributed by atoms with E-state index >= 15 is 0 Å². The standard InChI is InChI=1S/C6H6ClN3/c1-10(2)6(7)5(3-8)4-9/h1-2H3. The molecule has 4 heteroatoms. The fourth-order valence-corrected chi connectivity index (χ4v) is 0.425. The number of allylic oxidation sites excluding steroid dienone is 1. The number of halogens is 1. The second kappa shape index (κ2) is 3.76. The topological polar surface area (TPSA) is 50.8 Å². The molecule has 0 aromatic heterocycles.